The second kappa shape index (κ2) is 8.67. The maximum atomic E-state index is 13.1. The van der Waals surface area contributed by atoms with Gasteiger partial charge in [0.15, 0.2) is 0 Å². The number of pyridine rings is 2. The van der Waals surface area contributed by atoms with Crippen molar-refractivity contribution in [3.8, 4) is 11.1 Å². The fraction of sp³-hybridized carbons (Fsp3) is 0.148. The number of rotatable bonds is 5. The molecule has 0 saturated carbocycles. The van der Waals surface area contributed by atoms with E-state index in [4.69, 9.17) is 0 Å². The summed E-state index contributed by atoms with van der Waals surface area (Å²) in [5, 5.41) is 11.4. The van der Waals surface area contributed by atoms with Gasteiger partial charge in [-0.2, -0.15) is 13.2 Å². The molecule has 5 aromatic rings. The molecular weight excluding hydrogens is 471 g/mol. The van der Waals surface area contributed by atoms with Crippen molar-refractivity contribution >= 4 is 27.8 Å². The first-order valence-corrected chi connectivity index (χ1v) is 11.1. The Bertz CT molecular complexity index is 1700. The predicted octanol–water partition coefficient (Wildman–Crippen LogP) is 5.70. The van der Waals surface area contributed by atoms with Gasteiger partial charge >= 0.3 is 12.1 Å². The van der Waals surface area contributed by atoms with Crippen LogP contribution in [0.25, 0.3) is 32.9 Å². The van der Waals surface area contributed by atoms with Crippen LogP contribution in [0.3, 0.4) is 0 Å². The third kappa shape index (κ3) is 4.24. The molecule has 0 unspecified atom stereocenters. The smallest absolute Gasteiger partial charge is 0.393 e. The molecule has 0 bridgehead atoms. The Morgan fingerprint density at radius 1 is 1.08 bits per heavy atom. The molecule has 0 amide bonds. The highest BCUT2D eigenvalue weighted by molar-refractivity contribution is 6.08. The van der Waals surface area contributed by atoms with Gasteiger partial charge in [-0.25, -0.2) is 4.79 Å². The van der Waals surface area contributed by atoms with Crippen LogP contribution >= 0.6 is 0 Å². The molecule has 0 spiro atoms. The van der Waals surface area contributed by atoms with E-state index in [1.807, 2.05) is 37.3 Å². The van der Waals surface area contributed by atoms with E-state index < -0.39 is 24.1 Å². The lowest BCUT2D eigenvalue weighted by molar-refractivity contribution is -0.127. The van der Waals surface area contributed by atoms with Gasteiger partial charge in [0.2, 0.25) is 0 Å². The van der Waals surface area contributed by atoms with E-state index in [0.29, 0.717) is 11.2 Å². The zero-order valence-electron chi connectivity index (χ0n) is 19.1. The van der Waals surface area contributed by atoms with Crippen LogP contribution in [0.4, 0.5) is 13.2 Å². The van der Waals surface area contributed by atoms with Crippen molar-refractivity contribution in [2.45, 2.75) is 26.1 Å². The number of nitrogens with zero attached hydrogens (tertiary/aromatic N) is 2. The normalized spacial score (nSPS) is 11.9. The Hall–Kier alpha value is -4.40. The van der Waals surface area contributed by atoms with Gasteiger partial charge in [-0.3, -0.25) is 9.78 Å². The molecule has 0 fully saturated rings. The summed E-state index contributed by atoms with van der Waals surface area (Å²) in [6, 6.07) is 16.6. The van der Waals surface area contributed by atoms with Gasteiger partial charge in [0.05, 0.1) is 18.5 Å². The van der Waals surface area contributed by atoms with Crippen LogP contribution in [-0.4, -0.2) is 31.8 Å². The number of nitrogens with one attached hydrogen (secondary N) is 1. The first-order chi connectivity index (χ1) is 17.1. The highest BCUT2D eigenvalue weighted by atomic mass is 19.4. The molecule has 0 aliphatic rings. The second-order valence-electron chi connectivity index (χ2n) is 8.60. The maximum absolute atomic E-state index is 13.1. The summed E-state index contributed by atoms with van der Waals surface area (Å²) in [4.78, 5) is 32.4. The summed E-state index contributed by atoms with van der Waals surface area (Å²) >= 11 is 0. The SMILES string of the molecule is Cc1nc2ccccc2cc1Cn1c(C(=O)O)c(-c2ccc[nH]c2=O)c2cc(CC(F)(F)F)ccc21. The molecule has 2 N–H and O–H groups in total. The van der Waals surface area contributed by atoms with Crippen LogP contribution in [0.5, 0.6) is 0 Å². The molecule has 182 valence electrons. The Morgan fingerprint density at radius 3 is 2.58 bits per heavy atom. The molecule has 2 aromatic carbocycles. The summed E-state index contributed by atoms with van der Waals surface area (Å²) in [5.74, 6) is -1.30. The fourth-order valence-corrected chi connectivity index (χ4v) is 4.61. The minimum absolute atomic E-state index is 0.0266. The molecule has 36 heavy (non-hydrogen) atoms. The molecule has 3 heterocycles. The molecule has 0 aliphatic carbocycles. The number of H-pyrrole nitrogens is 1. The van der Waals surface area contributed by atoms with Crippen LogP contribution in [0.2, 0.25) is 0 Å². The number of aromatic amines is 1. The number of benzene rings is 2. The Kier molecular flexibility index (Phi) is 5.62. The number of alkyl halides is 3. The van der Waals surface area contributed by atoms with Crippen LogP contribution in [0, 0.1) is 6.92 Å². The third-order valence-electron chi connectivity index (χ3n) is 6.17. The number of carboxylic acid groups (broad SMARTS) is 1. The van der Waals surface area contributed by atoms with E-state index in [2.05, 4.69) is 9.97 Å². The highest BCUT2D eigenvalue weighted by Gasteiger charge is 2.30. The lowest BCUT2D eigenvalue weighted by Gasteiger charge is -2.13. The molecule has 0 aliphatic heterocycles. The van der Waals surface area contributed by atoms with Gasteiger partial charge in [-0.05, 0) is 54.4 Å². The molecule has 0 saturated heterocycles. The Balaban J connectivity index is 1.80. The van der Waals surface area contributed by atoms with E-state index in [1.165, 1.54) is 35.0 Å². The van der Waals surface area contributed by atoms with E-state index >= 15 is 0 Å². The number of carboxylic acids is 1. The van der Waals surface area contributed by atoms with Crippen LogP contribution in [0.1, 0.15) is 27.3 Å². The van der Waals surface area contributed by atoms with E-state index in [9.17, 15) is 27.9 Å². The average molecular weight is 491 g/mol. The molecular formula is C27H20F3N3O3. The summed E-state index contributed by atoms with van der Waals surface area (Å²) in [5.41, 5.74) is 2.04. The molecule has 6 nitrogen and oxygen atoms in total. The first-order valence-electron chi connectivity index (χ1n) is 11.1. The number of hydrogen-bond donors (Lipinski definition) is 2. The third-order valence-corrected chi connectivity index (χ3v) is 6.17. The second-order valence-corrected chi connectivity index (χ2v) is 8.60. The summed E-state index contributed by atoms with van der Waals surface area (Å²) < 4.78 is 40.9. The quantitative estimate of drug-likeness (QED) is 0.330. The van der Waals surface area contributed by atoms with Gasteiger partial charge < -0.3 is 14.7 Å². The number of aromatic nitrogens is 3. The number of hydrogen-bond acceptors (Lipinski definition) is 3. The lowest BCUT2D eigenvalue weighted by atomic mass is 10.0. The van der Waals surface area contributed by atoms with Crippen molar-refractivity contribution in [3.63, 3.8) is 0 Å². The summed E-state index contributed by atoms with van der Waals surface area (Å²) in [7, 11) is 0. The monoisotopic (exact) mass is 491 g/mol. The van der Waals surface area contributed by atoms with Gasteiger partial charge in [-0.1, -0.05) is 24.3 Å². The topological polar surface area (TPSA) is 88.0 Å². The highest BCUT2D eigenvalue weighted by Crippen LogP contribution is 2.36. The van der Waals surface area contributed by atoms with Crippen LogP contribution < -0.4 is 5.56 Å². The molecule has 0 radical (unpaired) electrons. The predicted molar refractivity (Wildman–Crippen MR) is 130 cm³/mol. The van der Waals surface area contributed by atoms with Gasteiger partial charge in [-0.15, -0.1) is 0 Å². The Labute approximate surface area is 202 Å². The van der Waals surface area contributed by atoms with Crippen molar-refractivity contribution in [1.29, 1.82) is 0 Å². The standard InChI is InChI=1S/C27H20F3N3O3/c1-15-18(12-17-5-2-3-7-21(17)32-15)14-33-22-9-8-16(13-27(28,29)30)11-20(22)23(24(33)26(35)36)19-6-4-10-31-25(19)34/h2-12H,13-14H2,1H3,(H,31,34)(H,35,36). The summed E-state index contributed by atoms with van der Waals surface area (Å²) in [6.45, 7) is 1.92. The minimum Gasteiger partial charge on any atom is -0.477 e. The van der Waals surface area contributed by atoms with E-state index in [-0.39, 0.29) is 34.3 Å². The average Bonchev–Trinajstić information content (AvgIpc) is 3.12. The van der Waals surface area contributed by atoms with Crippen molar-refractivity contribution in [2.75, 3.05) is 0 Å². The van der Waals surface area contributed by atoms with Crippen molar-refractivity contribution in [2.24, 2.45) is 0 Å². The fourth-order valence-electron chi connectivity index (χ4n) is 4.61. The largest absolute Gasteiger partial charge is 0.477 e. The number of para-hydroxylation sites is 1. The Morgan fingerprint density at radius 2 is 1.86 bits per heavy atom. The number of aromatic carboxylic acids is 1. The van der Waals surface area contributed by atoms with Gasteiger partial charge in [0.25, 0.3) is 5.56 Å². The van der Waals surface area contributed by atoms with Crippen molar-refractivity contribution in [3.05, 3.63) is 99.7 Å². The number of aryl methyl sites for hydroxylation is 1. The molecule has 5 rings (SSSR count). The molecule has 3 aromatic heterocycles. The molecule has 9 heteroatoms. The maximum Gasteiger partial charge on any atom is 0.393 e. The van der Waals surface area contributed by atoms with Gasteiger partial charge in [0, 0.05) is 39.3 Å². The van der Waals surface area contributed by atoms with Crippen molar-refractivity contribution < 1.29 is 23.1 Å². The molecule has 0 atom stereocenters. The number of halogens is 3. The minimum atomic E-state index is -4.44. The number of fused-ring (bicyclic) bond motifs is 2. The number of carbonyl (C=O) groups is 1. The van der Waals surface area contributed by atoms with E-state index in [0.717, 1.165) is 16.5 Å². The van der Waals surface area contributed by atoms with Crippen LogP contribution in [-0.2, 0) is 13.0 Å². The zero-order valence-corrected chi connectivity index (χ0v) is 19.1. The van der Waals surface area contributed by atoms with E-state index in [1.54, 1.807) is 6.07 Å². The zero-order chi connectivity index (χ0) is 25.6. The first kappa shape index (κ1) is 23.3. The van der Waals surface area contributed by atoms with Crippen LogP contribution in [0.15, 0.2) is 71.7 Å². The lowest BCUT2D eigenvalue weighted by Crippen LogP contribution is -2.14. The van der Waals surface area contributed by atoms with Gasteiger partial charge in [0.1, 0.15) is 5.69 Å². The summed E-state index contributed by atoms with van der Waals surface area (Å²) in [6.07, 6.45) is -4.20. The van der Waals surface area contributed by atoms with Crippen molar-refractivity contribution in [1.82, 2.24) is 14.5 Å².